The maximum absolute atomic E-state index is 8.99. The van der Waals surface area contributed by atoms with Gasteiger partial charge in [0.15, 0.2) is 5.75 Å². The highest BCUT2D eigenvalue weighted by Crippen LogP contribution is 2.30. The Morgan fingerprint density at radius 1 is 1.44 bits per heavy atom. The van der Waals surface area contributed by atoms with Crippen molar-refractivity contribution < 1.29 is 9.84 Å². The van der Waals surface area contributed by atoms with E-state index in [9.17, 15) is 0 Å². The van der Waals surface area contributed by atoms with Crippen LogP contribution in [0.5, 0.6) is 11.5 Å². The van der Waals surface area contributed by atoms with Crippen LogP contribution >= 0.6 is 11.6 Å². The van der Waals surface area contributed by atoms with Crippen LogP contribution in [0.1, 0.15) is 25.5 Å². The van der Waals surface area contributed by atoms with Crippen molar-refractivity contribution in [1.82, 2.24) is 9.78 Å². The number of aliphatic hydroxyl groups excluding tert-OH is 1. The average molecular weight is 267 g/mol. The molecule has 2 aromatic rings. The van der Waals surface area contributed by atoms with Crippen LogP contribution in [-0.4, -0.2) is 14.9 Å². The first kappa shape index (κ1) is 12.9. The van der Waals surface area contributed by atoms with E-state index in [1.165, 1.54) is 0 Å². The third kappa shape index (κ3) is 2.83. The number of ether oxygens (including phenoxy) is 1. The Hall–Kier alpha value is -1.52. The standard InChI is InChI=1S/C13H15ClN2O2/c1-9(2)16-7-11(6-15-16)18-13-4-3-10(8-17)5-12(13)14/h3-7,9,17H,8H2,1-2H3. The van der Waals surface area contributed by atoms with Crippen LogP contribution in [0, 0.1) is 0 Å². The van der Waals surface area contributed by atoms with Crippen LogP contribution in [0.4, 0.5) is 0 Å². The molecule has 0 unspecified atom stereocenters. The van der Waals surface area contributed by atoms with E-state index in [2.05, 4.69) is 5.10 Å². The van der Waals surface area contributed by atoms with Crippen LogP contribution in [0.2, 0.25) is 5.02 Å². The highest BCUT2D eigenvalue weighted by molar-refractivity contribution is 6.32. The molecule has 0 radical (unpaired) electrons. The number of aromatic nitrogens is 2. The van der Waals surface area contributed by atoms with Crippen molar-refractivity contribution >= 4 is 11.6 Å². The van der Waals surface area contributed by atoms with Crippen molar-refractivity contribution in [2.45, 2.75) is 26.5 Å². The minimum Gasteiger partial charge on any atom is -0.452 e. The second-order valence-corrected chi connectivity index (χ2v) is 4.68. The third-order valence-corrected chi connectivity index (χ3v) is 2.81. The number of hydrogen-bond donors (Lipinski definition) is 1. The second-order valence-electron chi connectivity index (χ2n) is 4.27. The van der Waals surface area contributed by atoms with E-state index in [0.717, 1.165) is 5.56 Å². The fourth-order valence-electron chi connectivity index (χ4n) is 1.51. The fraction of sp³-hybridized carbons (Fsp3) is 0.308. The average Bonchev–Trinajstić information content (AvgIpc) is 2.80. The zero-order chi connectivity index (χ0) is 13.1. The summed E-state index contributed by atoms with van der Waals surface area (Å²) in [4.78, 5) is 0. The molecule has 0 saturated carbocycles. The van der Waals surface area contributed by atoms with Gasteiger partial charge in [-0.25, -0.2) is 0 Å². The predicted molar refractivity (Wildman–Crippen MR) is 70.1 cm³/mol. The first-order valence-corrected chi connectivity index (χ1v) is 6.09. The minimum absolute atomic E-state index is 0.0364. The number of hydrogen-bond acceptors (Lipinski definition) is 3. The molecule has 96 valence electrons. The lowest BCUT2D eigenvalue weighted by molar-refractivity contribution is 0.281. The largest absolute Gasteiger partial charge is 0.452 e. The summed E-state index contributed by atoms with van der Waals surface area (Å²) in [5.41, 5.74) is 0.755. The van der Waals surface area contributed by atoms with Gasteiger partial charge in [0.1, 0.15) is 5.75 Å². The van der Waals surface area contributed by atoms with Gasteiger partial charge in [0.05, 0.1) is 24.0 Å². The van der Waals surface area contributed by atoms with E-state index in [1.807, 2.05) is 24.7 Å². The van der Waals surface area contributed by atoms with E-state index in [4.69, 9.17) is 21.4 Å². The van der Waals surface area contributed by atoms with Crippen molar-refractivity contribution in [3.63, 3.8) is 0 Å². The van der Waals surface area contributed by atoms with Crippen LogP contribution < -0.4 is 4.74 Å². The summed E-state index contributed by atoms with van der Waals surface area (Å²) in [6.45, 7) is 4.05. The van der Waals surface area contributed by atoms with Gasteiger partial charge in [-0.2, -0.15) is 5.10 Å². The van der Waals surface area contributed by atoms with Gasteiger partial charge >= 0.3 is 0 Å². The summed E-state index contributed by atoms with van der Waals surface area (Å²) < 4.78 is 7.45. The zero-order valence-electron chi connectivity index (χ0n) is 10.3. The molecule has 0 aliphatic rings. The molecule has 1 aromatic heterocycles. The minimum atomic E-state index is -0.0364. The lowest BCUT2D eigenvalue weighted by Crippen LogP contribution is -1.99. The Morgan fingerprint density at radius 3 is 2.78 bits per heavy atom. The summed E-state index contributed by atoms with van der Waals surface area (Å²) in [6.07, 6.45) is 3.47. The van der Waals surface area contributed by atoms with E-state index < -0.39 is 0 Å². The van der Waals surface area contributed by atoms with Gasteiger partial charge < -0.3 is 9.84 Å². The van der Waals surface area contributed by atoms with E-state index in [0.29, 0.717) is 16.5 Å². The van der Waals surface area contributed by atoms with Crippen LogP contribution in [0.3, 0.4) is 0 Å². The Labute approximate surface area is 111 Å². The molecule has 1 heterocycles. The molecule has 0 bridgehead atoms. The molecule has 18 heavy (non-hydrogen) atoms. The molecule has 0 aliphatic heterocycles. The normalized spacial score (nSPS) is 10.9. The number of benzene rings is 1. The molecule has 0 atom stereocenters. The molecule has 1 aromatic carbocycles. The van der Waals surface area contributed by atoms with Gasteiger partial charge in [-0.05, 0) is 31.5 Å². The zero-order valence-corrected chi connectivity index (χ0v) is 11.1. The molecule has 0 amide bonds. The summed E-state index contributed by atoms with van der Waals surface area (Å²) >= 11 is 6.06. The number of halogens is 1. The van der Waals surface area contributed by atoms with E-state index in [-0.39, 0.29) is 12.6 Å². The van der Waals surface area contributed by atoms with Crippen molar-refractivity contribution in [3.8, 4) is 11.5 Å². The quantitative estimate of drug-likeness (QED) is 0.923. The number of nitrogens with zero attached hydrogens (tertiary/aromatic N) is 2. The maximum Gasteiger partial charge on any atom is 0.165 e. The van der Waals surface area contributed by atoms with Gasteiger partial charge in [-0.1, -0.05) is 17.7 Å². The van der Waals surface area contributed by atoms with E-state index in [1.54, 1.807) is 24.4 Å². The molecule has 4 nitrogen and oxygen atoms in total. The summed E-state index contributed by atoms with van der Waals surface area (Å²) in [7, 11) is 0. The number of rotatable bonds is 4. The molecule has 0 spiro atoms. The van der Waals surface area contributed by atoms with Crippen LogP contribution in [0.25, 0.3) is 0 Å². The highest BCUT2D eigenvalue weighted by Gasteiger charge is 2.07. The molecular formula is C13H15ClN2O2. The number of aliphatic hydroxyl groups is 1. The first-order chi connectivity index (χ1) is 8.60. The topological polar surface area (TPSA) is 47.3 Å². The van der Waals surface area contributed by atoms with Gasteiger partial charge in [-0.15, -0.1) is 0 Å². The molecular weight excluding hydrogens is 252 g/mol. The SMILES string of the molecule is CC(C)n1cc(Oc2ccc(CO)cc2Cl)cn1. The van der Waals surface area contributed by atoms with Crippen molar-refractivity contribution in [2.24, 2.45) is 0 Å². The molecule has 0 saturated heterocycles. The lowest BCUT2D eigenvalue weighted by atomic mass is 10.2. The Kier molecular flexibility index (Phi) is 3.89. The first-order valence-electron chi connectivity index (χ1n) is 5.71. The van der Waals surface area contributed by atoms with E-state index >= 15 is 0 Å². The Balaban J connectivity index is 2.17. The van der Waals surface area contributed by atoms with Gasteiger partial charge in [-0.3, -0.25) is 4.68 Å². The monoisotopic (exact) mass is 266 g/mol. The molecule has 0 aliphatic carbocycles. The summed E-state index contributed by atoms with van der Waals surface area (Å²) in [5.74, 6) is 1.19. The Bertz CT molecular complexity index is 538. The van der Waals surface area contributed by atoms with Gasteiger partial charge in [0.2, 0.25) is 0 Å². The molecule has 5 heteroatoms. The Morgan fingerprint density at radius 2 is 2.22 bits per heavy atom. The van der Waals surface area contributed by atoms with Crippen molar-refractivity contribution in [2.75, 3.05) is 0 Å². The van der Waals surface area contributed by atoms with Gasteiger partial charge in [0, 0.05) is 6.04 Å². The molecule has 0 fully saturated rings. The third-order valence-electron chi connectivity index (χ3n) is 2.51. The predicted octanol–water partition coefficient (Wildman–Crippen LogP) is 3.40. The molecule has 2 rings (SSSR count). The summed E-state index contributed by atoms with van der Waals surface area (Å²) in [6, 6.07) is 5.48. The summed E-state index contributed by atoms with van der Waals surface area (Å²) in [5, 5.41) is 13.6. The lowest BCUT2D eigenvalue weighted by Gasteiger charge is -2.07. The fourth-order valence-corrected chi connectivity index (χ4v) is 1.75. The smallest absolute Gasteiger partial charge is 0.165 e. The second kappa shape index (κ2) is 5.42. The molecule has 1 N–H and O–H groups in total. The van der Waals surface area contributed by atoms with Crippen LogP contribution in [-0.2, 0) is 6.61 Å². The van der Waals surface area contributed by atoms with Crippen molar-refractivity contribution in [3.05, 3.63) is 41.2 Å². The van der Waals surface area contributed by atoms with Crippen LogP contribution in [0.15, 0.2) is 30.6 Å². The van der Waals surface area contributed by atoms with Crippen molar-refractivity contribution in [1.29, 1.82) is 0 Å². The highest BCUT2D eigenvalue weighted by atomic mass is 35.5. The van der Waals surface area contributed by atoms with Gasteiger partial charge in [0.25, 0.3) is 0 Å². The maximum atomic E-state index is 8.99.